The quantitative estimate of drug-likeness (QED) is 0.687. The Morgan fingerprint density at radius 1 is 1.04 bits per heavy atom. The first kappa shape index (κ1) is 16.9. The van der Waals surface area contributed by atoms with Crippen molar-refractivity contribution >= 4 is 10.9 Å². The number of benzene rings is 2. The molecule has 3 nitrogen and oxygen atoms in total. The van der Waals surface area contributed by atoms with Crippen LogP contribution in [0.1, 0.15) is 35.6 Å². The number of fused-ring (bicyclic) bond motifs is 1. The summed E-state index contributed by atoms with van der Waals surface area (Å²) >= 11 is 0. The molecule has 1 saturated heterocycles. The van der Waals surface area contributed by atoms with Gasteiger partial charge in [0, 0.05) is 37.4 Å². The van der Waals surface area contributed by atoms with E-state index in [9.17, 15) is 5.26 Å². The first-order valence-corrected chi connectivity index (χ1v) is 9.51. The zero-order chi connectivity index (χ0) is 17.9. The van der Waals surface area contributed by atoms with Crippen molar-refractivity contribution in [1.82, 2.24) is 9.47 Å². The first-order chi connectivity index (χ1) is 12.7. The summed E-state index contributed by atoms with van der Waals surface area (Å²) in [6.45, 7) is 5.57. The van der Waals surface area contributed by atoms with Crippen LogP contribution in [0, 0.1) is 18.3 Å². The highest BCUT2D eigenvalue weighted by atomic mass is 15.1. The molecule has 0 atom stereocenters. The smallest absolute Gasteiger partial charge is 0.0992 e. The molecule has 1 aliphatic rings. The molecule has 0 radical (unpaired) electrons. The van der Waals surface area contributed by atoms with Crippen LogP contribution in [-0.2, 0) is 6.42 Å². The maximum Gasteiger partial charge on any atom is 0.0992 e. The molecule has 1 fully saturated rings. The lowest BCUT2D eigenvalue weighted by Crippen LogP contribution is -2.35. The first-order valence-electron chi connectivity index (χ1n) is 9.51. The van der Waals surface area contributed by atoms with E-state index in [1.807, 2.05) is 12.1 Å². The van der Waals surface area contributed by atoms with Crippen LogP contribution in [0.3, 0.4) is 0 Å². The number of aromatic nitrogens is 1. The summed E-state index contributed by atoms with van der Waals surface area (Å²) in [5, 5.41) is 10.4. The van der Waals surface area contributed by atoms with Gasteiger partial charge in [-0.15, -0.1) is 0 Å². The molecule has 2 heterocycles. The fourth-order valence-corrected chi connectivity index (χ4v) is 4.00. The van der Waals surface area contributed by atoms with E-state index in [4.69, 9.17) is 0 Å². The molecule has 3 aromatic rings. The van der Waals surface area contributed by atoms with E-state index in [2.05, 4.69) is 65.1 Å². The zero-order valence-electron chi connectivity index (χ0n) is 15.4. The van der Waals surface area contributed by atoms with E-state index in [0.717, 1.165) is 31.6 Å². The second-order valence-corrected chi connectivity index (χ2v) is 7.42. The fourth-order valence-electron chi connectivity index (χ4n) is 4.00. The van der Waals surface area contributed by atoms with Crippen LogP contribution < -0.4 is 0 Å². The second kappa shape index (κ2) is 7.35. The van der Waals surface area contributed by atoms with Crippen molar-refractivity contribution in [1.29, 1.82) is 5.26 Å². The summed E-state index contributed by atoms with van der Waals surface area (Å²) in [5.41, 5.74) is 4.70. The van der Waals surface area contributed by atoms with Gasteiger partial charge in [-0.3, -0.25) is 0 Å². The summed E-state index contributed by atoms with van der Waals surface area (Å²) in [4.78, 5) is 2.59. The number of likely N-dealkylation sites (tertiary alicyclic amines) is 1. The Labute approximate surface area is 155 Å². The van der Waals surface area contributed by atoms with Gasteiger partial charge < -0.3 is 9.47 Å². The molecule has 0 unspecified atom stereocenters. The van der Waals surface area contributed by atoms with Crippen molar-refractivity contribution in [2.75, 3.05) is 19.6 Å². The highest BCUT2D eigenvalue weighted by molar-refractivity contribution is 5.81. The maximum atomic E-state index is 9.17. The van der Waals surface area contributed by atoms with Crippen molar-refractivity contribution in [3.05, 3.63) is 71.4 Å². The normalized spacial score (nSPS) is 16.0. The van der Waals surface area contributed by atoms with Crippen LogP contribution in [0.2, 0.25) is 0 Å². The largest absolute Gasteiger partial charge is 0.344 e. The number of hydrogen-bond donors (Lipinski definition) is 0. The minimum absolute atomic E-state index is 0.539. The van der Waals surface area contributed by atoms with Crippen molar-refractivity contribution < 1.29 is 0 Å². The lowest BCUT2D eigenvalue weighted by atomic mass is 10.0. The van der Waals surface area contributed by atoms with Crippen LogP contribution in [0.25, 0.3) is 10.9 Å². The summed E-state index contributed by atoms with van der Waals surface area (Å²) in [5.74, 6) is 0. The van der Waals surface area contributed by atoms with Gasteiger partial charge in [-0.25, -0.2) is 0 Å². The molecule has 0 amide bonds. The summed E-state index contributed by atoms with van der Waals surface area (Å²) in [6, 6.07) is 19.9. The number of nitrogens with zero attached hydrogens (tertiary/aromatic N) is 3. The average Bonchev–Trinajstić information content (AvgIpc) is 3.11. The van der Waals surface area contributed by atoms with Gasteiger partial charge >= 0.3 is 0 Å². The Hall–Kier alpha value is -2.57. The minimum atomic E-state index is 0.539. The number of rotatable bonds is 4. The molecule has 0 aliphatic carbocycles. The van der Waals surface area contributed by atoms with Crippen LogP contribution in [0.15, 0.2) is 54.7 Å². The number of hydrogen-bond acceptors (Lipinski definition) is 2. The van der Waals surface area contributed by atoms with Crippen molar-refractivity contribution in [3.63, 3.8) is 0 Å². The Morgan fingerprint density at radius 2 is 1.81 bits per heavy atom. The van der Waals surface area contributed by atoms with Crippen LogP contribution in [0.4, 0.5) is 0 Å². The van der Waals surface area contributed by atoms with Gasteiger partial charge in [0.25, 0.3) is 0 Å². The third-order valence-corrected chi connectivity index (χ3v) is 5.64. The molecule has 0 bridgehead atoms. The molecule has 1 aliphatic heterocycles. The molecule has 1 aromatic heterocycles. The topological polar surface area (TPSA) is 32.0 Å². The molecular weight excluding hydrogens is 318 g/mol. The minimum Gasteiger partial charge on any atom is -0.344 e. The Kier molecular flexibility index (Phi) is 4.77. The van der Waals surface area contributed by atoms with Gasteiger partial charge in [0.1, 0.15) is 0 Å². The molecular formula is C23H25N3. The fraction of sp³-hybridized carbons (Fsp3) is 0.348. The molecule has 4 rings (SSSR count). The van der Waals surface area contributed by atoms with Crippen molar-refractivity contribution in [3.8, 4) is 6.07 Å². The van der Waals surface area contributed by atoms with Crippen molar-refractivity contribution in [2.45, 2.75) is 32.2 Å². The molecule has 0 saturated carbocycles. The average molecular weight is 343 g/mol. The number of aryl methyl sites for hydroxylation is 1. The van der Waals surface area contributed by atoms with E-state index in [1.165, 1.54) is 34.9 Å². The Balaban J connectivity index is 1.38. The molecule has 2 aromatic carbocycles. The summed E-state index contributed by atoms with van der Waals surface area (Å²) in [6.07, 6.45) is 5.67. The van der Waals surface area contributed by atoms with Gasteiger partial charge in [0.2, 0.25) is 0 Å². The lowest BCUT2D eigenvalue weighted by molar-refractivity contribution is 0.190. The molecule has 0 spiro atoms. The SMILES string of the molecule is Cc1ccc(CCN2CCC(n3ccc4ccc(C#N)cc43)CC2)cc1. The van der Waals surface area contributed by atoms with Gasteiger partial charge in [0.05, 0.1) is 11.6 Å². The summed E-state index contributed by atoms with van der Waals surface area (Å²) < 4.78 is 2.38. The third kappa shape index (κ3) is 3.52. The van der Waals surface area contributed by atoms with Crippen LogP contribution in [0.5, 0.6) is 0 Å². The Bertz CT molecular complexity index is 922. The number of nitriles is 1. The lowest BCUT2D eigenvalue weighted by Gasteiger charge is -2.33. The van der Waals surface area contributed by atoms with E-state index in [1.54, 1.807) is 0 Å². The van der Waals surface area contributed by atoms with Gasteiger partial charge in [-0.1, -0.05) is 35.9 Å². The van der Waals surface area contributed by atoms with Gasteiger partial charge in [-0.05, 0) is 55.3 Å². The third-order valence-electron chi connectivity index (χ3n) is 5.64. The van der Waals surface area contributed by atoms with E-state index in [-0.39, 0.29) is 0 Å². The number of piperidine rings is 1. The molecule has 132 valence electrons. The standard InChI is InChI=1S/C23H25N3/c1-18-2-4-19(5-3-18)8-12-25-13-10-22(11-14-25)26-15-9-21-7-6-20(17-24)16-23(21)26/h2-7,9,15-16,22H,8,10-14H2,1H3. The second-order valence-electron chi connectivity index (χ2n) is 7.42. The molecule has 0 N–H and O–H groups in total. The highest BCUT2D eigenvalue weighted by Crippen LogP contribution is 2.28. The maximum absolute atomic E-state index is 9.17. The summed E-state index contributed by atoms with van der Waals surface area (Å²) in [7, 11) is 0. The van der Waals surface area contributed by atoms with E-state index in [0.29, 0.717) is 6.04 Å². The Morgan fingerprint density at radius 3 is 2.54 bits per heavy atom. The molecule has 3 heteroatoms. The monoisotopic (exact) mass is 343 g/mol. The van der Waals surface area contributed by atoms with Crippen LogP contribution >= 0.6 is 0 Å². The van der Waals surface area contributed by atoms with Gasteiger partial charge in [0.15, 0.2) is 0 Å². The molecule has 26 heavy (non-hydrogen) atoms. The van der Waals surface area contributed by atoms with E-state index >= 15 is 0 Å². The highest BCUT2D eigenvalue weighted by Gasteiger charge is 2.21. The zero-order valence-corrected chi connectivity index (χ0v) is 15.4. The van der Waals surface area contributed by atoms with Crippen LogP contribution in [-0.4, -0.2) is 29.1 Å². The predicted molar refractivity (Wildman–Crippen MR) is 106 cm³/mol. The van der Waals surface area contributed by atoms with Gasteiger partial charge in [-0.2, -0.15) is 5.26 Å². The predicted octanol–water partition coefficient (Wildman–Crippen LogP) is 4.70. The van der Waals surface area contributed by atoms with Crippen molar-refractivity contribution in [2.24, 2.45) is 0 Å². The van der Waals surface area contributed by atoms with E-state index < -0.39 is 0 Å².